The van der Waals surface area contributed by atoms with Gasteiger partial charge in [0.15, 0.2) is 0 Å². The highest BCUT2D eigenvalue weighted by Gasteiger charge is 2.29. The molecular formula is C29H29N5O2. The first-order chi connectivity index (χ1) is 17.7. The predicted octanol–water partition coefficient (Wildman–Crippen LogP) is 5.36. The molecule has 2 aliphatic rings. The van der Waals surface area contributed by atoms with Crippen molar-refractivity contribution in [1.29, 1.82) is 0 Å². The Bertz CT molecular complexity index is 1260. The molecule has 3 aromatic rings. The Labute approximate surface area is 211 Å². The fourth-order valence-corrected chi connectivity index (χ4v) is 4.79. The van der Waals surface area contributed by atoms with Crippen molar-refractivity contribution in [3.63, 3.8) is 0 Å². The van der Waals surface area contributed by atoms with Crippen LogP contribution in [0.1, 0.15) is 52.7 Å². The van der Waals surface area contributed by atoms with Crippen LogP contribution in [-0.2, 0) is 0 Å². The highest BCUT2D eigenvalue weighted by atomic mass is 16.5. The first-order valence-electron chi connectivity index (χ1n) is 12.3. The lowest BCUT2D eigenvalue weighted by Gasteiger charge is -2.28. The molecule has 36 heavy (non-hydrogen) atoms. The van der Waals surface area contributed by atoms with Crippen molar-refractivity contribution < 1.29 is 9.53 Å². The van der Waals surface area contributed by atoms with E-state index in [1.165, 1.54) is 6.34 Å². The van der Waals surface area contributed by atoms with Crippen molar-refractivity contribution in [2.24, 2.45) is 20.9 Å². The van der Waals surface area contributed by atoms with Crippen LogP contribution in [0.4, 0.5) is 0 Å². The zero-order valence-electron chi connectivity index (χ0n) is 20.0. The molecule has 0 spiro atoms. The first-order valence-corrected chi connectivity index (χ1v) is 12.3. The third kappa shape index (κ3) is 5.35. The van der Waals surface area contributed by atoms with Crippen molar-refractivity contribution in [2.75, 3.05) is 13.1 Å². The monoisotopic (exact) mass is 479 g/mol. The summed E-state index contributed by atoms with van der Waals surface area (Å²) in [6.45, 7) is 1.68. The van der Waals surface area contributed by atoms with Crippen LogP contribution in [-0.4, -0.2) is 42.2 Å². The number of carbonyl (C=O) groups excluding carboxylic acids is 1. The maximum Gasteiger partial charge on any atom is 0.253 e. The molecular weight excluding hydrogens is 450 g/mol. The van der Waals surface area contributed by atoms with Crippen LogP contribution in [0.25, 0.3) is 0 Å². The van der Waals surface area contributed by atoms with Crippen LogP contribution in [0, 0.1) is 0 Å². The number of hydrogen-bond acceptors (Lipinski definition) is 5. The zero-order chi connectivity index (χ0) is 24.7. The molecule has 2 heterocycles. The molecule has 2 N–H and O–H groups in total. The zero-order valence-corrected chi connectivity index (χ0v) is 20.0. The fourth-order valence-electron chi connectivity index (χ4n) is 4.79. The molecule has 1 amide bonds. The molecule has 1 saturated heterocycles. The molecule has 2 aliphatic heterocycles. The van der Waals surface area contributed by atoms with Gasteiger partial charge >= 0.3 is 0 Å². The molecule has 7 heteroatoms. The van der Waals surface area contributed by atoms with Gasteiger partial charge in [0.05, 0.1) is 11.8 Å². The second-order valence-electron chi connectivity index (χ2n) is 8.99. The summed E-state index contributed by atoms with van der Waals surface area (Å²) in [6, 6.07) is 25.6. The maximum absolute atomic E-state index is 12.8. The highest BCUT2D eigenvalue weighted by Crippen LogP contribution is 2.40. The summed E-state index contributed by atoms with van der Waals surface area (Å²) in [5.41, 5.74) is 9.05. The molecule has 7 nitrogen and oxygen atoms in total. The Morgan fingerprint density at radius 3 is 2.28 bits per heavy atom. The third-order valence-electron chi connectivity index (χ3n) is 6.63. The predicted molar refractivity (Wildman–Crippen MR) is 143 cm³/mol. The van der Waals surface area contributed by atoms with Gasteiger partial charge < -0.3 is 15.4 Å². The van der Waals surface area contributed by atoms with Crippen molar-refractivity contribution >= 4 is 24.2 Å². The molecule has 1 fully saturated rings. The Hall–Kier alpha value is -4.26. The standard InChI is InChI=1S/C29H29N5O2/c30-20-32-33-24-18-27(21-12-14-26(15-13-21)36-25-6-2-1-3-7-25)28(31-19-24)22-8-10-23(11-9-22)29(35)34-16-4-5-17-34/h1-3,6-15,19-20,27-28H,4-5,16-18H2,(H2,30,32)/b33-24-. The lowest BCUT2D eigenvalue weighted by atomic mass is 9.82. The van der Waals surface area contributed by atoms with Crippen molar-refractivity contribution in [3.8, 4) is 11.5 Å². The van der Waals surface area contributed by atoms with Gasteiger partial charge in [0.1, 0.15) is 17.8 Å². The van der Waals surface area contributed by atoms with E-state index >= 15 is 0 Å². The number of hydrogen-bond donors (Lipinski definition) is 1. The molecule has 182 valence electrons. The van der Waals surface area contributed by atoms with Crippen LogP contribution < -0.4 is 10.5 Å². The molecule has 0 radical (unpaired) electrons. The number of benzene rings is 3. The summed E-state index contributed by atoms with van der Waals surface area (Å²) >= 11 is 0. The van der Waals surface area contributed by atoms with Crippen LogP contribution in [0.5, 0.6) is 11.5 Å². The number of para-hydroxylation sites is 1. The van der Waals surface area contributed by atoms with E-state index in [0.29, 0.717) is 6.42 Å². The summed E-state index contributed by atoms with van der Waals surface area (Å²) in [5.74, 6) is 1.72. The van der Waals surface area contributed by atoms with E-state index in [-0.39, 0.29) is 17.9 Å². The van der Waals surface area contributed by atoms with Gasteiger partial charge in [-0.15, -0.1) is 5.10 Å². The van der Waals surface area contributed by atoms with Crippen molar-refractivity contribution in [3.05, 3.63) is 95.6 Å². The number of amides is 1. The molecule has 3 aromatic carbocycles. The van der Waals surface area contributed by atoms with Crippen LogP contribution in [0.3, 0.4) is 0 Å². The van der Waals surface area contributed by atoms with Crippen LogP contribution in [0.2, 0.25) is 0 Å². The molecule has 2 atom stereocenters. The topological polar surface area (TPSA) is 92.6 Å². The van der Waals surface area contributed by atoms with Crippen molar-refractivity contribution in [2.45, 2.75) is 31.2 Å². The molecule has 2 unspecified atom stereocenters. The quantitative estimate of drug-likeness (QED) is 0.293. The van der Waals surface area contributed by atoms with E-state index in [9.17, 15) is 4.79 Å². The fraction of sp³-hybridized carbons (Fsp3) is 0.241. The Balaban J connectivity index is 1.39. The summed E-state index contributed by atoms with van der Waals surface area (Å²) in [4.78, 5) is 19.5. The molecule has 0 saturated carbocycles. The van der Waals surface area contributed by atoms with Gasteiger partial charge in [0.2, 0.25) is 0 Å². The minimum Gasteiger partial charge on any atom is -0.457 e. The Kier molecular flexibility index (Phi) is 7.17. The first kappa shape index (κ1) is 23.5. The van der Waals surface area contributed by atoms with Gasteiger partial charge in [0.25, 0.3) is 5.91 Å². The minimum atomic E-state index is -0.109. The summed E-state index contributed by atoms with van der Waals surface area (Å²) in [6.07, 6.45) is 5.77. The van der Waals surface area contributed by atoms with Gasteiger partial charge in [0, 0.05) is 37.2 Å². The Morgan fingerprint density at radius 1 is 0.917 bits per heavy atom. The normalized spacial score (nSPS) is 20.8. The lowest BCUT2D eigenvalue weighted by Crippen LogP contribution is -2.27. The lowest BCUT2D eigenvalue weighted by molar-refractivity contribution is 0.0793. The van der Waals surface area contributed by atoms with Gasteiger partial charge in [-0.05, 0) is 60.4 Å². The SMILES string of the molecule is NC=N/N=C1\C=NC(c2ccc(C(=O)N3CCCC3)cc2)C(c2ccc(Oc3ccccc3)cc2)C1. The van der Waals surface area contributed by atoms with Crippen LogP contribution in [0.15, 0.2) is 94.1 Å². The maximum atomic E-state index is 12.8. The number of likely N-dealkylation sites (tertiary alicyclic amines) is 1. The average Bonchev–Trinajstić information content (AvgIpc) is 3.48. The number of nitrogens with zero attached hydrogens (tertiary/aromatic N) is 4. The molecule has 0 bridgehead atoms. The second kappa shape index (κ2) is 11.0. The van der Waals surface area contributed by atoms with Gasteiger partial charge in [-0.25, -0.2) is 0 Å². The molecule has 0 aliphatic carbocycles. The molecule has 5 rings (SSSR count). The highest BCUT2D eigenvalue weighted by molar-refractivity contribution is 6.31. The van der Waals surface area contributed by atoms with E-state index < -0.39 is 0 Å². The second-order valence-corrected chi connectivity index (χ2v) is 8.99. The van der Waals surface area contributed by atoms with Gasteiger partial charge in [-0.2, -0.15) is 5.10 Å². The van der Waals surface area contributed by atoms with Gasteiger partial charge in [-0.3, -0.25) is 9.79 Å². The summed E-state index contributed by atoms with van der Waals surface area (Å²) in [5, 5.41) is 8.04. The van der Waals surface area contributed by atoms with Crippen LogP contribution >= 0.6 is 0 Å². The third-order valence-corrected chi connectivity index (χ3v) is 6.63. The van der Waals surface area contributed by atoms with Gasteiger partial charge in [-0.1, -0.05) is 42.5 Å². The average molecular weight is 480 g/mol. The van der Waals surface area contributed by atoms with E-state index in [0.717, 1.165) is 59.8 Å². The van der Waals surface area contributed by atoms with E-state index in [1.54, 1.807) is 6.21 Å². The summed E-state index contributed by atoms with van der Waals surface area (Å²) < 4.78 is 5.96. The number of nitrogens with two attached hydrogens (primary N) is 1. The Morgan fingerprint density at radius 2 is 1.58 bits per heavy atom. The minimum absolute atomic E-state index is 0.0487. The van der Waals surface area contributed by atoms with Crippen molar-refractivity contribution in [1.82, 2.24) is 4.90 Å². The number of rotatable bonds is 6. The largest absolute Gasteiger partial charge is 0.457 e. The number of ether oxygens (including phenoxy) is 1. The van der Waals surface area contributed by atoms with E-state index in [1.807, 2.05) is 71.6 Å². The summed E-state index contributed by atoms with van der Waals surface area (Å²) in [7, 11) is 0. The molecule has 0 aromatic heterocycles. The van der Waals surface area contributed by atoms with E-state index in [4.69, 9.17) is 15.5 Å². The smallest absolute Gasteiger partial charge is 0.253 e. The number of carbonyl (C=O) groups is 1. The number of aliphatic imine (C=N–C) groups is 1. The van der Waals surface area contributed by atoms with E-state index in [2.05, 4.69) is 22.3 Å².